The van der Waals surface area contributed by atoms with Gasteiger partial charge >= 0.3 is 0 Å². The lowest BCUT2D eigenvalue weighted by Gasteiger charge is -2.50. The summed E-state index contributed by atoms with van der Waals surface area (Å²) in [5.74, 6) is -0.0658. The highest BCUT2D eigenvalue weighted by molar-refractivity contribution is 6.18. The van der Waals surface area contributed by atoms with Crippen LogP contribution < -0.4 is 5.32 Å². The van der Waals surface area contributed by atoms with E-state index in [0.29, 0.717) is 18.4 Å². The fraction of sp³-hybridized carbons (Fsp3) is 0.375. The van der Waals surface area contributed by atoms with Crippen molar-refractivity contribution in [2.24, 2.45) is 0 Å². The third-order valence-electron chi connectivity index (χ3n) is 5.92. The summed E-state index contributed by atoms with van der Waals surface area (Å²) in [6.45, 7) is 7.81. The highest BCUT2D eigenvalue weighted by Gasteiger charge is 2.46. The third-order valence-corrected chi connectivity index (χ3v) is 5.92. The molecule has 1 radical (unpaired) electrons. The Hall–Kier alpha value is -2.43. The SMILES string of the molecule is CC1(C)CC(NC(=O)c2c3ccccc3cc3ccccc23)CC(C)(C)N1[O]. The summed E-state index contributed by atoms with van der Waals surface area (Å²) < 4.78 is 0. The highest BCUT2D eigenvalue weighted by atomic mass is 16.5. The van der Waals surface area contributed by atoms with Gasteiger partial charge in [0.1, 0.15) is 0 Å². The lowest BCUT2D eigenvalue weighted by atomic mass is 9.79. The predicted octanol–water partition coefficient (Wildman–Crippen LogP) is 5.09. The Kier molecular flexibility index (Phi) is 4.44. The van der Waals surface area contributed by atoms with Crippen LogP contribution in [0.1, 0.15) is 50.9 Å². The molecule has 4 heteroatoms. The number of fused-ring (bicyclic) bond motifs is 2. The number of carbonyl (C=O) groups excluding carboxylic acids is 1. The van der Waals surface area contributed by atoms with Gasteiger partial charge in [0, 0.05) is 17.1 Å². The highest BCUT2D eigenvalue weighted by Crippen LogP contribution is 2.37. The Morgan fingerprint density at radius 2 is 1.36 bits per heavy atom. The van der Waals surface area contributed by atoms with Crippen molar-refractivity contribution in [3.63, 3.8) is 0 Å². The molecule has 0 bridgehead atoms. The van der Waals surface area contributed by atoms with E-state index in [4.69, 9.17) is 0 Å². The Morgan fingerprint density at radius 1 is 0.893 bits per heavy atom. The fourth-order valence-corrected chi connectivity index (χ4v) is 4.88. The third kappa shape index (κ3) is 3.17. The number of carbonyl (C=O) groups is 1. The van der Waals surface area contributed by atoms with Gasteiger partial charge in [0.05, 0.1) is 5.56 Å². The zero-order chi connectivity index (χ0) is 20.1. The summed E-state index contributed by atoms with van der Waals surface area (Å²) >= 11 is 0. The maximum absolute atomic E-state index is 13.4. The van der Waals surface area contributed by atoms with Crippen LogP contribution in [0.15, 0.2) is 54.6 Å². The minimum atomic E-state index is -0.513. The molecule has 0 saturated carbocycles. The molecule has 4 rings (SSSR count). The van der Waals surface area contributed by atoms with E-state index in [0.717, 1.165) is 21.5 Å². The van der Waals surface area contributed by atoms with Crippen molar-refractivity contribution < 1.29 is 10.0 Å². The van der Waals surface area contributed by atoms with E-state index in [-0.39, 0.29) is 11.9 Å². The van der Waals surface area contributed by atoms with E-state index in [1.807, 2.05) is 76.2 Å². The van der Waals surface area contributed by atoms with Crippen LogP contribution in [0.4, 0.5) is 0 Å². The van der Waals surface area contributed by atoms with Crippen molar-refractivity contribution in [2.45, 2.75) is 57.7 Å². The number of benzene rings is 3. The van der Waals surface area contributed by atoms with E-state index in [1.54, 1.807) is 0 Å². The molecule has 4 nitrogen and oxygen atoms in total. The van der Waals surface area contributed by atoms with Gasteiger partial charge in [-0.2, -0.15) is 0 Å². The van der Waals surface area contributed by atoms with Gasteiger partial charge in [-0.15, -0.1) is 10.3 Å². The average molecular weight is 375 g/mol. The van der Waals surface area contributed by atoms with Crippen LogP contribution in [0, 0.1) is 0 Å². The monoisotopic (exact) mass is 375 g/mol. The van der Waals surface area contributed by atoms with Crippen LogP contribution in [0.3, 0.4) is 0 Å². The molecule has 0 aromatic heterocycles. The summed E-state index contributed by atoms with van der Waals surface area (Å²) in [6.07, 6.45) is 1.27. The minimum absolute atomic E-state index is 0.0413. The summed E-state index contributed by atoms with van der Waals surface area (Å²) in [5, 5.41) is 21.1. The van der Waals surface area contributed by atoms with Crippen molar-refractivity contribution in [3.8, 4) is 0 Å². The van der Waals surface area contributed by atoms with Crippen LogP contribution in [0.2, 0.25) is 0 Å². The average Bonchev–Trinajstić information content (AvgIpc) is 2.63. The molecule has 1 saturated heterocycles. The Labute approximate surface area is 166 Å². The van der Waals surface area contributed by atoms with Crippen LogP contribution in [-0.2, 0) is 5.21 Å². The second-order valence-electron chi connectivity index (χ2n) is 9.19. The summed E-state index contributed by atoms with van der Waals surface area (Å²) in [7, 11) is 0. The van der Waals surface area contributed by atoms with Gasteiger partial charge < -0.3 is 5.32 Å². The first kappa shape index (κ1) is 18.9. The fourth-order valence-electron chi connectivity index (χ4n) is 4.88. The second kappa shape index (κ2) is 6.57. The van der Waals surface area contributed by atoms with E-state index in [1.165, 1.54) is 5.06 Å². The van der Waals surface area contributed by atoms with Gasteiger partial charge in [-0.05, 0) is 68.1 Å². The van der Waals surface area contributed by atoms with Crippen molar-refractivity contribution in [2.75, 3.05) is 0 Å². The summed E-state index contributed by atoms with van der Waals surface area (Å²) in [4.78, 5) is 13.4. The van der Waals surface area contributed by atoms with E-state index in [9.17, 15) is 10.0 Å². The molecule has 0 spiro atoms. The first-order chi connectivity index (χ1) is 13.2. The molecule has 0 atom stereocenters. The molecule has 1 heterocycles. The molecule has 1 aliphatic rings. The van der Waals surface area contributed by atoms with Crippen LogP contribution in [-0.4, -0.2) is 28.1 Å². The molecule has 1 fully saturated rings. The van der Waals surface area contributed by atoms with E-state index in [2.05, 4.69) is 11.4 Å². The van der Waals surface area contributed by atoms with E-state index < -0.39 is 11.1 Å². The van der Waals surface area contributed by atoms with Crippen LogP contribution >= 0.6 is 0 Å². The lowest BCUT2D eigenvalue weighted by molar-refractivity contribution is -0.289. The zero-order valence-corrected chi connectivity index (χ0v) is 17.0. The number of amides is 1. The molecule has 3 aromatic carbocycles. The van der Waals surface area contributed by atoms with Gasteiger partial charge in [0.25, 0.3) is 5.91 Å². The quantitative estimate of drug-likeness (QED) is 0.634. The number of rotatable bonds is 2. The Morgan fingerprint density at radius 3 is 1.86 bits per heavy atom. The molecule has 1 N–H and O–H groups in total. The minimum Gasteiger partial charge on any atom is -0.349 e. The largest absolute Gasteiger partial charge is 0.349 e. The molecule has 0 unspecified atom stereocenters. The molecule has 3 aromatic rings. The molecular weight excluding hydrogens is 348 g/mol. The van der Waals surface area contributed by atoms with E-state index >= 15 is 0 Å². The normalized spacial score (nSPS) is 19.8. The van der Waals surface area contributed by atoms with Crippen LogP contribution in [0.25, 0.3) is 21.5 Å². The number of hydrogen-bond acceptors (Lipinski definition) is 2. The maximum Gasteiger partial charge on any atom is 0.252 e. The van der Waals surface area contributed by atoms with Gasteiger partial charge in [0.15, 0.2) is 0 Å². The molecule has 28 heavy (non-hydrogen) atoms. The Balaban J connectivity index is 1.75. The number of piperidine rings is 1. The standard InChI is InChI=1S/C24H27N2O2/c1-23(2)14-18(15-24(3,4)26(23)28)25-22(27)21-19-11-7-5-9-16(19)13-17-10-6-8-12-20(17)21/h5-13,18H,14-15H2,1-4H3,(H,25,27). The molecule has 0 aliphatic carbocycles. The number of hydroxylamine groups is 2. The number of nitrogens with one attached hydrogen (secondary N) is 1. The lowest BCUT2D eigenvalue weighted by Crippen LogP contribution is -2.62. The Bertz CT molecular complexity index is 983. The zero-order valence-electron chi connectivity index (χ0n) is 17.0. The predicted molar refractivity (Wildman–Crippen MR) is 113 cm³/mol. The van der Waals surface area contributed by atoms with Crippen molar-refractivity contribution in [3.05, 3.63) is 60.2 Å². The van der Waals surface area contributed by atoms with Crippen molar-refractivity contribution in [1.82, 2.24) is 10.4 Å². The molecular formula is C24H27N2O2. The number of hydrogen-bond donors (Lipinski definition) is 1. The van der Waals surface area contributed by atoms with Crippen molar-refractivity contribution in [1.29, 1.82) is 0 Å². The molecule has 1 amide bonds. The van der Waals surface area contributed by atoms with Crippen molar-refractivity contribution >= 4 is 27.5 Å². The summed E-state index contributed by atoms with van der Waals surface area (Å²) in [6, 6.07) is 18.1. The smallest absolute Gasteiger partial charge is 0.252 e. The number of nitrogens with zero attached hydrogens (tertiary/aromatic N) is 1. The first-order valence-electron chi connectivity index (χ1n) is 9.88. The van der Waals surface area contributed by atoms with Gasteiger partial charge in [-0.25, -0.2) is 0 Å². The molecule has 1 aliphatic heterocycles. The van der Waals surface area contributed by atoms with Gasteiger partial charge in [-0.3, -0.25) is 4.79 Å². The first-order valence-corrected chi connectivity index (χ1v) is 9.88. The van der Waals surface area contributed by atoms with Gasteiger partial charge in [-0.1, -0.05) is 48.5 Å². The molecule has 145 valence electrons. The summed E-state index contributed by atoms with van der Waals surface area (Å²) in [5.41, 5.74) is -0.310. The second-order valence-corrected chi connectivity index (χ2v) is 9.19. The maximum atomic E-state index is 13.4. The topological polar surface area (TPSA) is 52.2 Å². The van der Waals surface area contributed by atoms with Gasteiger partial charge in [0.2, 0.25) is 0 Å². The van der Waals surface area contributed by atoms with Crippen LogP contribution in [0.5, 0.6) is 0 Å².